The average Bonchev–Trinajstić information content (AvgIpc) is 3.19. The highest BCUT2D eigenvalue weighted by molar-refractivity contribution is 5.76. The lowest BCUT2D eigenvalue weighted by atomic mass is 10.1. The van der Waals surface area contributed by atoms with E-state index in [1.807, 2.05) is 38.3 Å². The predicted octanol–water partition coefficient (Wildman–Crippen LogP) is 2.04. The molecule has 9 nitrogen and oxygen atoms in total. The molecular formula is C19H25N7O2. The van der Waals surface area contributed by atoms with Crippen LogP contribution in [-0.4, -0.2) is 43.7 Å². The molecule has 0 bridgehead atoms. The lowest BCUT2D eigenvalue weighted by Gasteiger charge is -2.09. The van der Waals surface area contributed by atoms with Gasteiger partial charge in [0.2, 0.25) is 5.91 Å². The molecule has 0 unspecified atom stereocenters. The van der Waals surface area contributed by atoms with Crippen molar-refractivity contribution in [1.82, 2.24) is 30.0 Å². The molecule has 0 radical (unpaired) electrons. The Morgan fingerprint density at radius 2 is 1.93 bits per heavy atom. The summed E-state index contributed by atoms with van der Waals surface area (Å²) in [5.41, 5.74) is 3.85. The third kappa shape index (κ3) is 4.54. The number of carbonyl (C=O) groups excluding carboxylic acids is 1. The highest BCUT2D eigenvalue weighted by atomic mass is 16.5. The second kappa shape index (κ2) is 8.64. The van der Waals surface area contributed by atoms with Gasteiger partial charge in [-0.15, -0.1) is 0 Å². The maximum atomic E-state index is 12.0. The first-order chi connectivity index (χ1) is 13.5. The number of nitrogens with zero attached hydrogens (tertiary/aromatic N) is 5. The van der Waals surface area contributed by atoms with Gasteiger partial charge < -0.3 is 15.2 Å². The van der Waals surface area contributed by atoms with Crippen LogP contribution in [0.2, 0.25) is 0 Å². The van der Waals surface area contributed by atoms with Crippen molar-refractivity contribution in [1.29, 1.82) is 0 Å². The third-order valence-electron chi connectivity index (χ3n) is 4.69. The molecule has 3 rings (SSSR count). The zero-order chi connectivity index (χ0) is 20.1. The van der Waals surface area contributed by atoms with Crippen molar-refractivity contribution in [2.24, 2.45) is 0 Å². The predicted molar refractivity (Wildman–Crippen MR) is 104 cm³/mol. The number of nitrogens with one attached hydrogen (secondary N) is 2. The van der Waals surface area contributed by atoms with Gasteiger partial charge in [-0.3, -0.25) is 9.36 Å². The van der Waals surface area contributed by atoms with Crippen LogP contribution < -0.4 is 10.6 Å². The molecule has 0 fully saturated rings. The van der Waals surface area contributed by atoms with E-state index in [1.54, 1.807) is 6.33 Å². The molecule has 0 aliphatic carbocycles. The van der Waals surface area contributed by atoms with E-state index in [2.05, 4.69) is 30.7 Å². The first-order valence-corrected chi connectivity index (χ1v) is 9.21. The highest BCUT2D eigenvalue weighted by Crippen LogP contribution is 2.14. The number of imidazole rings is 1. The first-order valence-electron chi connectivity index (χ1n) is 9.21. The molecule has 9 heteroatoms. The molecule has 0 spiro atoms. The largest absolute Gasteiger partial charge is 0.368 e. The minimum Gasteiger partial charge on any atom is -0.368 e. The van der Waals surface area contributed by atoms with E-state index in [9.17, 15) is 4.79 Å². The molecule has 2 N–H and O–H groups in total. The van der Waals surface area contributed by atoms with E-state index < -0.39 is 0 Å². The number of anilines is 1. The highest BCUT2D eigenvalue weighted by Gasteiger charge is 2.11. The van der Waals surface area contributed by atoms with Crippen LogP contribution in [0.4, 0.5) is 5.82 Å². The summed E-state index contributed by atoms with van der Waals surface area (Å²) in [6.45, 7) is 8.77. The second-order valence-corrected chi connectivity index (χ2v) is 6.63. The summed E-state index contributed by atoms with van der Waals surface area (Å²) in [5, 5.41) is 10.0. The molecule has 3 aromatic heterocycles. The van der Waals surface area contributed by atoms with E-state index in [4.69, 9.17) is 4.52 Å². The van der Waals surface area contributed by atoms with Gasteiger partial charge in [-0.2, -0.15) is 0 Å². The lowest BCUT2D eigenvalue weighted by molar-refractivity contribution is -0.120. The molecule has 0 saturated heterocycles. The molecule has 0 aliphatic heterocycles. The monoisotopic (exact) mass is 383 g/mol. The Morgan fingerprint density at radius 1 is 1.11 bits per heavy atom. The van der Waals surface area contributed by atoms with Gasteiger partial charge in [0.05, 0.1) is 11.4 Å². The van der Waals surface area contributed by atoms with Crippen molar-refractivity contribution in [2.75, 3.05) is 18.4 Å². The maximum absolute atomic E-state index is 12.0. The zero-order valence-corrected chi connectivity index (χ0v) is 16.6. The Labute approximate surface area is 163 Å². The van der Waals surface area contributed by atoms with E-state index in [-0.39, 0.29) is 5.91 Å². The first kappa shape index (κ1) is 19.5. The number of amides is 1. The van der Waals surface area contributed by atoms with Crippen LogP contribution in [0.3, 0.4) is 0 Å². The van der Waals surface area contributed by atoms with E-state index in [0.717, 1.165) is 34.2 Å². The van der Waals surface area contributed by atoms with Crippen LogP contribution in [0.1, 0.15) is 34.8 Å². The van der Waals surface area contributed by atoms with Crippen LogP contribution in [0.25, 0.3) is 5.82 Å². The summed E-state index contributed by atoms with van der Waals surface area (Å²) in [4.78, 5) is 24.8. The van der Waals surface area contributed by atoms with E-state index >= 15 is 0 Å². The van der Waals surface area contributed by atoms with E-state index in [0.29, 0.717) is 31.7 Å². The SMILES string of the molecule is Cc1noc(C)c1CCC(=O)NCCNc1cc(-n2cnc(C)c2C)ncn1. The Kier molecular flexibility index (Phi) is 6.03. The second-order valence-electron chi connectivity index (χ2n) is 6.63. The Morgan fingerprint density at radius 3 is 2.61 bits per heavy atom. The molecule has 148 valence electrons. The number of carbonyl (C=O) groups is 1. The third-order valence-corrected chi connectivity index (χ3v) is 4.69. The van der Waals surface area contributed by atoms with Crippen LogP contribution in [0, 0.1) is 27.7 Å². The van der Waals surface area contributed by atoms with Crippen molar-refractivity contribution in [3.63, 3.8) is 0 Å². The summed E-state index contributed by atoms with van der Waals surface area (Å²) in [5.74, 6) is 2.21. The standard InChI is InChI=1S/C19H25N7O2/c1-12-14(3)26(11-24-12)18-9-17(22-10-23-18)20-7-8-21-19(27)6-5-16-13(2)25-28-15(16)4/h9-11H,5-8H2,1-4H3,(H,21,27)(H,20,22,23). The van der Waals surface area contributed by atoms with Gasteiger partial charge in [-0.05, 0) is 34.1 Å². The van der Waals surface area contributed by atoms with Crippen molar-refractivity contribution >= 4 is 11.7 Å². The fourth-order valence-corrected chi connectivity index (χ4v) is 2.88. The molecular weight excluding hydrogens is 358 g/mol. The van der Waals surface area contributed by atoms with Crippen LogP contribution in [0.15, 0.2) is 23.2 Å². The van der Waals surface area contributed by atoms with Crippen molar-refractivity contribution in [3.8, 4) is 5.82 Å². The van der Waals surface area contributed by atoms with Gasteiger partial charge in [0.1, 0.15) is 30.1 Å². The smallest absolute Gasteiger partial charge is 0.220 e. The van der Waals surface area contributed by atoms with Gasteiger partial charge in [0.25, 0.3) is 0 Å². The van der Waals surface area contributed by atoms with Crippen LogP contribution in [-0.2, 0) is 11.2 Å². The van der Waals surface area contributed by atoms with Gasteiger partial charge in [-0.1, -0.05) is 5.16 Å². The zero-order valence-electron chi connectivity index (χ0n) is 16.6. The number of aromatic nitrogens is 5. The average molecular weight is 383 g/mol. The molecule has 0 atom stereocenters. The minimum atomic E-state index is -0.00491. The molecule has 0 aromatic carbocycles. The molecule has 3 heterocycles. The fourth-order valence-electron chi connectivity index (χ4n) is 2.88. The number of hydrogen-bond donors (Lipinski definition) is 2. The Hall–Kier alpha value is -3.23. The molecule has 1 amide bonds. The summed E-state index contributed by atoms with van der Waals surface area (Å²) in [7, 11) is 0. The summed E-state index contributed by atoms with van der Waals surface area (Å²) < 4.78 is 7.03. The van der Waals surface area contributed by atoms with Crippen molar-refractivity contribution in [2.45, 2.75) is 40.5 Å². The Bertz CT molecular complexity index is 942. The minimum absolute atomic E-state index is 0.00491. The van der Waals surface area contributed by atoms with Crippen molar-refractivity contribution in [3.05, 3.63) is 47.1 Å². The van der Waals surface area contributed by atoms with Gasteiger partial charge >= 0.3 is 0 Å². The molecule has 28 heavy (non-hydrogen) atoms. The molecule has 3 aromatic rings. The topological polar surface area (TPSA) is 111 Å². The summed E-state index contributed by atoms with van der Waals surface area (Å²) in [6.07, 6.45) is 4.28. The van der Waals surface area contributed by atoms with Crippen molar-refractivity contribution < 1.29 is 9.32 Å². The lowest BCUT2D eigenvalue weighted by Crippen LogP contribution is -2.29. The molecule has 0 aliphatic rings. The normalized spacial score (nSPS) is 10.9. The fraction of sp³-hybridized carbons (Fsp3) is 0.421. The number of aryl methyl sites for hydroxylation is 3. The van der Waals surface area contributed by atoms with Gasteiger partial charge in [-0.25, -0.2) is 15.0 Å². The quantitative estimate of drug-likeness (QED) is 0.573. The number of rotatable bonds is 8. The molecule has 0 saturated carbocycles. The Balaban J connectivity index is 1.44. The van der Waals surface area contributed by atoms with E-state index in [1.165, 1.54) is 6.33 Å². The van der Waals surface area contributed by atoms with Gasteiger partial charge in [0.15, 0.2) is 0 Å². The summed E-state index contributed by atoms with van der Waals surface area (Å²) >= 11 is 0. The summed E-state index contributed by atoms with van der Waals surface area (Å²) in [6, 6.07) is 1.85. The number of hydrogen-bond acceptors (Lipinski definition) is 7. The van der Waals surface area contributed by atoms with Crippen LogP contribution >= 0.6 is 0 Å². The maximum Gasteiger partial charge on any atom is 0.220 e. The van der Waals surface area contributed by atoms with Gasteiger partial charge in [0, 0.05) is 36.8 Å². The van der Waals surface area contributed by atoms with Crippen LogP contribution in [0.5, 0.6) is 0 Å².